The fraction of sp³-hybridized carbons (Fsp3) is 0.700. The first kappa shape index (κ1) is 16.5. The minimum absolute atomic E-state index is 0.631. The van der Waals surface area contributed by atoms with Crippen molar-refractivity contribution in [2.75, 3.05) is 6.54 Å². The van der Waals surface area contributed by atoms with Crippen LogP contribution in [0.3, 0.4) is 0 Å². The summed E-state index contributed by atoms with van der Waals surface area (Å²) in [5.41, 5.74) is 2.93. The zero-order valence-electron chi connectivity index (χ0n) is 14.2. The Morgan fingerprint density at radius 1 is 1.10 bits per heavy atom. The van der Waals surface area contributed by atoms with Gasteiger partial charge in [-0.3, -0.25) is 0 Å². The van der Waals surface area contributed by atoms with Gasteiger partial charge in [0.25, 0.3) is 0 Å². The van der Waals surface area contributed by atoms with E-state index in [2.05, 4.69) is 50.4 Å². The van der Waals surface area contributed by atoms with Crippen molar-refractivity contribution in [2.45, 2.75) is 77.7 Å². The van der Waals surface area contributed by atoms with Crippen LogP contribution in [0, 0.1) is 5.92 Å². The molecule has 1 atom stereocenters. The van der Waals surface area contributed by atoms with E-state index in [0.29, 0.717) is 12.0 Å². The molecule has 0 amide bonds. The summed E-state index contributed by atoms with van der Waals surface area (Å²) < 4.78 is 0. The fourth-order valence-corrected chi connectivity index (χ4v) is 3.62. The molecule has 1 heteroatoms. The molecule has 0 heterocycles. The molecule has 0 radical (unpaired) electrons. The predicted octanol–water partition coefficient (Wildman–Crippen LogP) is 5.30. The van der Waals surface area contributed by atoms with Crippen LogP contribution in [-0.2, 0) is 6.42 Å². The lowest BCUT2D eigenvalue weighted by atomic mass is 9.94. The van der Waals surface area contributed by atoms with E-state index < -0.39 is 0 Å². The van der Waals surface area contributed by atoms with Crippen molar-refractivity contribution in [1.82, 2.24) is 5.32 Å². The molecule has 118 valence electrons. The number of hydrogen-bond donors (Lipinski definition) is 1. The molecular weight excluding hydrogens is 254 g/mol. The van der Waals surface area contributed by atoms with Crippen molar-refractivity contribution < 1.29 is 0 Å². The highest BCUT2D eigenvalue weighted by Gasteiger charge is 2.17. The van der Waals surface area contributed by atoms with Gasteiger partial charge in [0, 0.05) is 6.04 Å². The van der Waals surface area contributed by atoms with Gasteiger partial charge < -0.3 is 5.32 Å². The second-order valence-corrected chi connectivity index (χ2v) is 7.08. The molecule has 21 heavy (non-hydrogen) atoms. The Hall–Kier alpha value is -0.820. The van der Waals surface area contributed by atoms with E-state index in [0.717, 1.165) is 12.5 Å². The van der Waals surface area contributed by atoms with Gasteiger partial charge in [-0.1, -0.05) is 70.7 Å². The van der Waals surface area contributed by atoms with Gasteiger partial charge in [-0.25, -0.2) is 0 Å². The molecule has 0 saturated heterocycles. The standard InChI is InChI=1S/C20H33N/c1-4-21-20(14-11-17-7-5-6-8-17)15-18-9-12-19(13-10-18)16(2)3/h9-10,12-13,16-17,20-21H,4-8,11,14-15H2,1-3H3. The molecule has 1 unspecified atom stereocenters. The lowest BCUT2D eigenvalue weighted by Crippen LogP contribution is -2.31. The van der Waals surface area contributed by atoms with Gasteiger partial charge in [0.1, 0.15) is 0 Å². The van der Waals surface area contributed by atoms with Crippen molar-refractivity contribution in [2.24, 2.45) is 5.92 Å². The molecule has 1 nitrogen and oxygen atoms in total. The molecule has 1 aliphatic carbocycles. The molecule has 1 fully saturated rings. The van der Waals surface area contributed by atoms with Crippen LogP contribution in [-0.4, -0.2) is 12.6 Å². The summed E-state index contributed by atoms with van der Waals surface area (Å²) in [5, 5.41) is 3.69. The van der Waals surface area contributed by atoms with Gasteiger partial charge in [-0.05, 0) is 48.8 Å². The molecule has 0 aromatic heterocycles. The third-order valence-electron chi connectivity index (χ3n) is 5.02. The highest BCUT2D eigenvalue weighted by atomic mass is 14.9. The first-order valence-corrected chi connectivity index (χ1v) is 9.01. The zero-order valence-corrected chi connectivity index (χ0v) is 14.2. The van der Waals surface area contributed by atoms with Crippen LogP contribution >= 0.6 is 0 Å². The average Bonchev–Trinajstić information content (AvgIpc) is 2.99. The Bertz CT molecular complexity index is 387. The molecule has 0 spiro atoms. The number of likely N-dealkylation sites (N-methyl/N-ethyl adjacent to an activating group) is 1. The van der Waals surface area contributed by atoms with E-state index in [9.17, 15) is 0 Å². The third-order valence-corrected chi connectivity index (χ3v) is 5.02. The second-order valence-electron chi connectivity index (χ2n) is 7.08. The van der Waals surface area contributed by atoms with Crippen molar-refractivity contribution >= 4 is 0 Å². The minimum atomic E-state index is 0.631. The third kappa shape index (κ3) is 5.47. The molecule has 1 aromatic rings. The van der Waals surface area contributed by atoms with Crippen LogP contribution in [0.2, 0.25) is 0 Å². The summed E-state index contributed by atoms with van der Waals surface area (Å²) in [6, 6.07) is 9.92. The molecule has 2 rings (SSSR count). The van der Waals surface area contributed by atoms with E-state index in [1.54, 1.807) is 0 Å². The van der Waals surface area contributed by atoms with E-state index >= 15 is 0 Å². The van der Waals surface area contributed by atoms with Crippen LogP contribution in [0.4, 0.5) is 0 Å². The quantitative estimate of drug-likeness (QED) is 0.684. The topological polar surface area (TPSA) is 12.0 Å². The highest BCUT2D eigenvalue weighted by molar-refractivity contribution is 5.25. The van der Waals surface area contributed by atoms with Crippen LogP contribution in [0.1, 0.15) is 76.3 Å². The van der Waals surface area contributed by atoms with Crippen LogP contribution in [0.5, 0.6) is 0 Å². The van der Waals surface area contributed by atoms with E-state index in [1.807, 2.05) is 0 Å². The van der Waals surface area contributed by atoms with Crippen LogP contribution in [0.25, 0.3) is 0 Å². The Morgan fingerprint density at radius 2 is 1.76 bits per heavy atom. The van der Waals surface area contributed by atoms with Crippen LogP contribution < -0.4 is 5.32 Å². The summed E-state index contributed by atoms with van der Waals surface area (Å²) in [5.74, 6) is 1.64. The number of benzene rings is 1. The van der Waals surface area contributed by atoms with E-state index in [1.165, 1.54) is 56.1 Å². The number of rotatable bonds is 8. The second kappa shape index (κ2) is 8.58. The summed E-state index contributed by atoms with van der Waals surface area (Å²) in [6.45, 7) is 7.83. The average molecular weight is 287 g/mol. The minimum Gasteiger partial charge on any atom is -0.314 e. The maximum absolute atomic E-state index is 3.69. The predicted molar refractivity (Wildman–Crippen MR) is 92.9 cm³/mol. The van der Waals surface area contributed by atoms with Crippen molar-refractivity contribution in [3.63, 3.8) is 0 Å². The van der Waals surface area contributed by atoms with Crippen molar-refractivity contribution in [3.8, 4) is 0 Å². The van der Waals surface area contributed by atoms with Gasteiger partial charge in [0.15, 0.2) is 0 Å². The van der Waals surface area contributed by atoms with E-state index in [-0.39, 0.29) is 0 Å². The van der Waals surface area contributed by atoms with Gasteiger partial charge >= 0.3 is 0 Å². The molecule has 1 aliphatic rings. The number of nitrogens with one attached hydrogen (secondary N) is 1. The molecule has 0 aliphatic heterocycles. The Kier molecular flexibility index (Phi) is 6.76. The summed E-state index contributed by atoms with van der Waals surface area (Å²) in [6.07, 6.45) is 9.81. The molecule has 1 N–H and O–H groups in total. The number of hydrogen-bond acceptors (Lipinski definition) is 1. The SMILES string of the molecule is CCNC(CCC1CCCC1)Cc1ccc(C(C)C)cc1. The lowest BCUT2D eigenvalue weighted by Gasteiger charge is -2.20. The summed E-state index contributed by atoms with van der Waals surface area (Å²) >= 11 is 0. The maximum Gasteiger partial charge on any atom is 0.0107 e. The highest BCUT2D eigenvalue weighted by Crippen LogP contribution is 2.29. The Balaban J connectivity index is 1.85. The smallest absolute Gasteiger partial charge is 0.0107 e. The lowest BCUT2D eigenvalue weighted by molar-refractivity contribution is 0.407. The monoisotopic (exact) mass is 287 g/mol. The fourth-order valence-electron chi connectivity index (χ4n) is 3.62. The van der Waals surface area contributed by atoms with Gasteiger partial charge in [0.05, 0.1) is 0 Å². The first-order chi connectivity index (χ1) is 10.2. The molecule has 1 saturated carbocycles. The van der Waals surface area contributed by atoms with E-state index in [4.69, 9.17) is 0 Å². The summed E-state index contributed by atoms with van der Waals surface area (Å²) in [7, 11) is 0. The zero-order chi connectivity index (χ0) is 15.1. The Morgan fingerprint density at radius 3 is 2.33 bits per heavy atom. The first-order valence-electron chi connectivity index (χ1n) is 9.01. The molecular formula is C20H33N. The Labute approximate surface area is 131 Å². The van der Waals surface area contributed by atoms with Crippen molar-refractivity contribution in [3.05, 3.63) is 35.4 Å². The summed E-state index contributed by atoms with van der Waals surface area (Å²) in [4.78, 5) is 0. The normalized spacial score (nSPS) is 17.5. The van der Waals surface area contributed by atoms with Crippen molar-refractivity contribution in [1.29, 1.82) is 0 Å². The molecule has 0 bridgehead atoms. The van der Waals surface area contributed by atoms with Gasteiger partial charge in [-0.15, -0.1) is 0 Å². The van der Waals surface area contributed by atoms with Crippen LogP contribution in [0.15, 0.2) is 24.3 Å². The van der Waals surface area contributed by atoms with Gasteiger partial charge in [-0.2, -0.15) is 0 Å². The maximum atomic E-state index is 3.69. The van der Waals surface area contributed by atoms with Gasteiger partial charge in [0.2, 0.25) is 0 Å². The molecule has 1 aromatic carbocycles. The largest absolute Gasteiger partial charge is 0.314 e.